The van der Waals surface area contributed by atoms with Crippen LogP contribution >= 0.6 is 0 Å². The lowest BCUT2D eigenvalue weighted by Crippen LogP contribution is -2.10. The van der Waals surface area contributed by atoms with Crippen LogP contribution in [0.25, 0.3) is 17.0 Å². The number of alkyl halides is 5. The smallest absolute Gasteiger partial charge is 0.435 e. The molecule has 0 aliphatic heterocycles. The van der Waals surface area contributed by atoms with Crippen LogP contribution < -0.4 is 15.4 Å². The van der Waals surface area contributed by atoms with E-state index in [1.807, 2.05) is 0 Å². The van der Waals surface area contributed by atoms with Crippen LogP contribution in [-0.2, 0) is 6.18 Å². The fourth-order valence-electron chi connectivity index (χ4n) is 3.32. The Balaban J connectivity index is 1.78. The summed E-state index contributed by atoms with van der Waals surface area (Å²) in [4.78, 5) is 8.09. The average molecular weight is 479 g/mol. The molecule has 3 heterocycles. The van der Waals surface area contributed by atoms with Gasteiger partial charge in [-0.05, 0) is 42.5 Å². The van der Waals surface area contributed by atoms with Gasteiger partial charge in [-0.1, -0.05) is 6.07 Å². The van der Waals surface area contributed by atoms with E-state index in [0.717, 1.165) is 0 Å². The van der Waals surface area contributed by atoms with E-state index in [1.54, 1.807) is 18.2 Å². The van der Waals surface area contributed by atoms with Crippen LogP contribution in [0.3, 0.4) is 0 Å². The zero-order valence-corrected chi connectivity index (χ0v) is 17.4. The normalized spacial score (nSPS) is 11.7. The number of aliphatic hydroxyl groups excluding tert-OH is 1. The first kappa shape index (κ1) is 23.2. The molecule has 0 aliphatic carbocycles. The number of aliphatic hydroxyl groups is 1. The quantitative estimate of drug-likeness (QED) is 0.303. The van der Waals surface area contributed by atoms with Crippen LogP contribution in [0.1, 0.15) is 5.69 Å². The highest BCUT2D eigenvalue weighted by molar-refractivity contribution is 5.72. The third-order valence-corrected chi connectivity index (χ3v) is 4.66. The Morgan fingerprint density at radius 2 is 1.76 bits per heavy atom. The van der Waals surface area contributed by atoms with Crippen LogP contribution in [-0.4, -0.2) is 39.2 Å². The molecular weight excluding hydrogens is 461 g/mol. The van der Waals surface area contributed by atoms with Crippen LogP contribution in [0, 0.1) is 0 Å². The SMILES string of the molecule is OCCNc1cc(Nc2ccc(OC(F)F)cc2)nc(-c2c(C(F)(F)F)nc3ccccn23)c1. The zero-order valence-electron chi connectivity index (χ0n) is 17.4. The largest absolute Gasteiger partial charge is 0.435 e. The van der Waals surface area contributed by atoms with Gasteiger partial charge in [-0.25, -0.2) is 9.97 Å². The van der Waals surface area contributed by atoms with Gasteiger partial charge in [-0.3, -0.25) is 4.40 Å². The Bertz CT molecular complexity index is 1280. The number of fused-ring (bicyclic) bond motifs is 1. The van der Waals surface area contributed by atoms with Gasteiger partial charge < -0.3 is 20.5 Å². The second-order valence-corrected chi connectivity index (χ2v) is 7.04. The maximum absolute atomic E-state index is 13.8. The van der Waals surface area contributed by atoms with Crippen LogP contribution in [0.2, 0.25) is 0 Å². The molecule has 7 nitrogen and oxygen atoms in total. The van der Waals surface area contributed by atoms with Gasteiger partial charge in [0.2, 0.25) is 0 Å². The average Bonchev–Trinajstić information content (AvgIpc) is 3.19. The molecule has 0 atom stereocenters. The predicted octanol–water partition coefficient (Wildman–Crippen LogP) is 5.16. The minimum absolute atomic E-state index is 0.0193. The lowest BCUT2D eigenvalue weighted by atomic mass is 10.2. The Labute approximate surface area is 189 Å². The minimum atomic E-state index is -4.73. The summed E-state index contributed by atoms with van der Waals surface area (Å²) in [6.45, 7) is -3.01. The lowest BCUT2D eigenvalue weighted by molar-refractivity contribution is -0.140. The maximum atomic E-state index is 13.8. The topological polar surface area (TPSA) is 83.7 Å². The first-order valence-corrected chi connectivity index (χ1v) is 9.98. The van der Waals surface area contributed by atoms with E-state index in [-0.39, 0.29) is 41.8 Å². The molecule has 1 aromatic carbocycles. The van der Waals surface area contributed by atoms with Crippen molar-refractivity contribution in [2.24, 2.45) is 0 Å². The monoisotopic (exact) mass is 479 g/mol. The molecule has 0 spiro atoms. The highest BCUT2D eigenvalue weighted by atomic mass is 19.4. The van der Waals surface area contributed by atoms with E-state index in [4.69, 9.17) is 5.11 Å². The summed E-state index contributed by atoms with van der Waals surface area (Å²) in [5.74, 6) is 0.132. The minimum Gasteiger partial charge on any atom is -0.435 e. The highest BCUT2D eigenvalue weighted by Crippen LogP contribution is 2.38. The van der Waals surface area contributed by atoms with E-state index in [2.05, 4.69) is 25.3 Å². The molecule has 4 rings (SSSR count). The van der Waals surface area contributed by atoms with Gasteiger partial charge in [0.25, 0.3) is 0 Å². The third-order valence-electron chi connectivity index (χ3n) is 4.66. The highest BCUT2D eigenvalue weighted by Gasteiger charge is 2.38. The number of imidazole rings is 1. The molecule has 0 radical (unpaired) electrons. The van der Waals surface area contributed by atoms with Crippen molar-refractivity contribution in [1.82, 2.24) is 14.4 Å². The number of nitrogens with zero attached hydrogens (tertiary/aromatic N) is 3. The lowest BCUT2D eigenvalue weighted by Gasteiger charge is -2.14. The van der Waals surface area contributed by atoms with Crippen molar-refractivity contribution in [3.63, 3.8) is 0 Å². The fraction of sp³-hybridized carbons (Fsp3) is 0.182. The van der Waals surface area contributed by atoms with Crippen molar-refractivity contribution in [3.05, 3.63) is 66.5 Å². The summed E-state index contributed by atoms with van der Waals surface area (Å²) in [6, 6.07) is 13.1. The van der Waals surface area contributed by atoms with E-state index in [1.165, 1.54) is 47.0 Å². The molecule has 0 aliphatic rings. The number of nitrogens with one attached hydrogen (secondary N) is 2. The first-order valence-electron chi connectivity index (χ1n) is 9.98. The van der Waals surface area contributed by atoms with Crippen LogP contribution in [0.4, 0.5) is 39.1 Å². The number of pyridine rings is 2. The van der Waals surface area contributed by atoms with Crippen molar-refractivity contribution in [3.8, 4) is 17.1 Å². The number of rotatable bonds is 8. The molecule has 0 unspecified atom stereocenters. The molecule has 3 N–H and O–H groups in total. The van der Waals surface area contributed by atoms with Gasteiger partial charge in [0.15, 0.2) is 5.69 Å². The summed E-state index contributed by atoms with van der Waals surface area (Å²) < 4.78 is 71.8. The van der Waals surface area contributed by atoms with Gasteiger partial charge >= 0.3 is 12.8 Å². The number of hydrogen-bond donors (Lipinski definition) is 3. The second kappa shape index (κ2) is 9.51. The molecule has 34 heavy (non-hydrogen) atoms. The van der Waals surface area contributed by atoms with Gasteiger partial charge in [-0.2, -0.15) is 22.0 Å². The van der Waals surface area contributed by atoms with Gasteiger partial charge in [0.1, 0.15) is 22.9 Å². The van der Waals surface area contributed by atoms with Gasteiger partial charge in [-0.15, -0.1) is 0 Å². The molecule has 4 aromatic rings. The Hall–Kier alpha value is -3.93. The fourth-order valence-corrected chi connectivity index (χ4v) is 3.32. The summed E-state index contributed by atoms with van der Waals surface area (Å²) in [7, 11) is 0. The summed E-state index contributed by atoms with van der Waals surface area (Å²) >= 11 is 0. The molecular formula is C22H18F5N5O2. The van der Waals surface area contributed by atoms with Crippen molar-refractivity contribution in [1.29, 1.82) is 0 Å². The number of anilines is 3. The summed E-state index contributed by atoms with van der Waals surface area (Å²) in [5, 5.41) is 15.0. The molecule has 0 bridgehead atoms. The number of hydrogen-bond acceptors (Lipinski definition) is 6. The number of aromatic nitrogens is 3. The molecule has 3 aromatic heterocycles. The molecule has 0 amide bonds. The third kappa shape index (κ3) is 5.17. The van der Waals surface area contributed by atoms with Gasteiger partial charge in [0.05, 0.1) is 12.3 Å². The Morgan fingerprint density at radius 1 is 1.00 bits per heavy atom. The molecule has 178 valence electrons. The Morgan fingerprint density at radius 3 is 2.44 bits per heavy atom. The van der Waals surface area contributed by atoms with Crippen molar-refractivity contribution < 1.29 is 31.8 Å². The van der Waals surface area contributed by atoms with Crippen molar-refractivity contribution in [2.45, 2.75) is 12.8 Å². The van der Waals surface area contributed by atoms with Crippen molar-refractivity contribution >= 4 is 22.8 Å². The summed E-state index contributed by atoms with van der Waals surface area (Å²) in [5.41, 5.74) is -0.421. The predicted molar refractivity (Wildman–Crippen MR) is 115 cm³/mol. The number of halogens is 5. The van der Waals surface area contributed by atoms with E-state index in [0.29, 0.717) is 11.4 Å². The van der Waals surface area contributed by atoms with E-state index >= 15 is 0 Å². The maximum Gasteiger partial charge on any atom is 0.435 e. The van der Waals surface area contributed by atoms with Crippen LogP contribution in [0.15, 0.2) is 60.8 Å². The molecule has 0 saturated carbocycles. The van der Waals surface area contributed by atoms with E-state index < -0.39 is 18.5 Å². The number of benzene rings is 1. The van der Waals surface area contributed by atoms with Crippen LogP contribution in [0.5, 0.6) is 5.75 Å². The Kier molecular flexibility index (Phi) is 6.50. The van der Waals surface area contributed by atoms with Gasteiger partial charge in [0, 0.05) is 30.2 Å². The molecule has 0 saturated heterocycles. The first-order chi connectivity index (χ1) is 16.2. The molecule has 12 heteroatoms. The number of ether oxygens (including phenoxy) is 1. The van der Waals surface area contributed by atoms with Crippen molar-refractivity contribution in [2.75, 3.05) is 23.8 Å². The second-order valence-electron chi connectivity index (χ2n) is 7.04. The molecule has 0 fully saturated rings. The standard InChI is InChI=1S/C22H18F5N5O2/c23-21(24)34-15-6-4-13(5-7-15)29-17-12-14(28-8-10-33)11-16(30-17)19-20(22(25,26)27)31-18-3-1-2-9-32(18)19/h1-7,9,11-12,21,33H,8,10H2,(H2,28,29,30). The summed E-state index contributed by atoms with van der Waals surface area (Å²) in [6.07, 6.45) is -3.27. The zero-order chi connectivity index (χ0) is 24.3. The van der Waals surface area contributed by atoms with E-state index in [9.17, 15) is 22.0 Å².